The van der Waals surface area contributed by atoms with Crippen LogP contribution in [0, 0.1) is 6.92 Å². The molecule has 0 saturated heterocycles. The Kier molecular flexibility index (Phi) is 7.80. The number of ether oxygens (including phenoxy) is 1. The Morgan fingerprint density at radius 3 is 2.49 bits per heavy atom. The zero-order valence-electron chi connectivity index (χ0n) is 19.6. The number of rotatable bonds is 8. The first-order valence-corrected chi connectivity index (χ1v) is 11.5. The molecule has 9 heteroatoms. The molecule has 0 fully saturated rings. The SMILES string of the molecule is Cc1cccc(NC(=O)c2ccccc2NC(=O)COC(=O)c2cc(-c3ccc(C=O)o3)ccc2Cl)c1. The van der Waals surface area contributed by atoms with Crippen LogP contribution in [0.4, 0.5) is 11.4 Å². The van der Waals surface area contributed by atoms with Crippen LogP contribution >= 0.6 is 11.6 Å². The van der Waals surface area contributed by atoms with E-state index in [-0.39, 0.29) is 27.6 Å². The smallest absolute Gasteiger partial charge is 0.340 e. The minimum Gasteiger partial charge on any atom is -0.453 e. The number of aldehydes is 1. The number of furan rings is 1. The summed E-state index contributed by atoms with van der Waals surface area (Å²) in [5.74, 6) is -1.37. The Morgan fingerprint density at radius 1 is 0.919 bits per heavy atom. The molecule has 0 saturated carbocycles. The molecule has 0 atom stereocenters. The number of para-hydroxylation sites is 1. The van der Waals surface area contributed by atoms with Crippen LogP contribution in [0.15, 0.2) is 83.3 Å². The van der Waals surface area contributed by atoms with Crippen LogP contribution in [-0.4, -0.2) is 30.7 Å². The number of esters is 1. The highest BCUT2D eigenvalue weighted by atomic mass is 35.5. The van der Waals surface area contributed by atoms with Crippen LogP contribution in [0.3, 0.4) is 0 Å². The maximum absolute atomic E-state index is 12.8. The lowest BCUT2D eigenvalue weighted by atomic mass is 10.1. The van der Waals surface area contributed by atoms with Crippen molar-refractivity contribution in [2.75, 3.05) is 17.2 Å². The highest BCUT2D eigenvalue weighted by Crippen LogP contribution is 2.27. The molecule has 0 unspecified atom stereocenters. The molecule has 186 valence electrons. The first-order chi connectivity index (χ1) is 17.8. The highest BCUT2D eigenvalue weighted by molar-refractivity contribution is 6.33. The molecular formula is C28H21ClN2O6. The van der Waals surface area contributed by atoms with Gasteiger partial charge in [0.25, 0.3) is 11.8 Å². The molecule has 3 aromatic carbocycles. The van der Waals surface area contributed by atoms with E-state index in [9.17, 15) is 19.2 Å². The molecule has 0 radical (unpaired) electrons. The first-order valence-electron chi connectivity index (χ1n) is 11.1. The van der Waals surface area contributed by atoms with E-state index in [4.69, 9.17) is 20.8 Å². The van der Waals surface area contributed by atoms with Gasteiger partial charge in [-0.05, 0) is 67.1 Å². The Balaban J connectivity index is 1.41. The molecule has 4 aromatic rings. The average molecular weight is 517 g/mol. The molecule has 2 N–H and O–H groups in total. The van der Waals surface area contributed by atoms with Crippen molar-refractivity contribution in [3.63, 3.8) is 0 Å². The Bertz CT molecular complexity index is 1490. The molecule has 0 spiro atoms. The molecule has 4 rings (SSSR count). The van der Waals surface area contributed by atoms with E-state index in [2.05, 4.69) is 10.6 Å². The van der Waals surface area contributed by atoms with E-state index in [1.807, 2.05) is 25.1 Å². The largest absolute Gasteiger partial charge is 0.453 e. The van der Waals surface area contributed by atoms with Crippen molar-refractivity contribution in [2.45, 2.75) is 6.92 Å². The van der Waals surface area contributed by atoms with E-state index in [0.717, 1.165) is 5.56 Å². The topological polar surface area (TPSA) is 115 Å². The van der Waals surface area contributed by atoms with Gasteiger partial charge in [0.2, 0.25) is 0 Å². The van der Waals surface area contributed by atoms with Gasteiger partial charge < -0.3 is 19.8 Å². The second-order valence-electron chi connectivity index (χ2n) is 8.01. The third kappa shape index (κ3) is 6.31. The summed E-state index contributed by atoms with van der Waals surface area (Å²) in [6.07, 6.45) is 0.567. The number of anilines is 2. The van der Waals surface area contributed by atoms with Gasteiger partial charge in [-0.2, -0.15) is 0 Å². The quantitative estimate of drug-likeness (QED) is 0.227. The second-order valence-corrected chi connectivity index (χ2v) is 8.42. The minimum atomic E-state index is -0.824. The lowest BCUT2D eigenvalue weighted by molar-refractivity contribution is -0.119. The third-order valence-electron chi connectivity index (χ3n) is 5.27. The molecule has 0 aliphatic heterocycles. The van der Waals surface area contributed by atoms with E-state index in [0.29, 0.717) is 23.3 Å². The van der Waals surface area contributed by atoms with E-state index >= 15 is 0 Å². The van der Waals surface area contributed by atoms with Crippen LogP contribution in [0.5, 0.6) is 0 Å². The number of carbonyl (C=O) groups is 4. The predicted molar refractivity (Wildman–Crippen MR) is 139 cm³/mol. The van der Waals surface area contributed by atoms with Crippen molar-refractivity contribution < 1.29 is 28.3 Å². The number of nitrogens with one attached hydrogen (secondary N) is 2. The molecule has 1 heterocycles. The van der Waals surface area contributed by atoms with Crippen molar-refractivity contribution in [2.24, 2.45) is 0 Å². The van der Waals surface area contributed by atoms with Crippen molar-refractivity contribution in [3.05, 3.63) is 106 Å². The molecule has 0 bridgehead atoms. The fraction of sp³-hybridized carbons (Fsp3) is 0.0714. The molecular weight excluding hydrogens is 496 g/mol. The van der Waals surface area contributed by atoms with Crippen LogP contribution in [0.25, 0.3) is 11.3 Å². The van der Waals surface area contributed by atoms with Crippen LogP contribution < -0.4 is 10.6 Å². The van der Waals surface area contributed by atoms with Gasteiger partial charge in [-0.15, -0.1) is 0 Å². The third-order valence-corrected chi connectivity index (χ3v) is 5.60. The summed E-state index contributed by atoms with van der Waals surface area (Å²) in [4.78, 5) is 48.8. The summed E-state index contributed by atoms with van der Waals surface area (Å²) in [7, 11) is 0. The number of amides is 2. The van der Waals surface area contributed by atoms with E-state index in [1.54, 1.807) is 42.5 Å². The number of benzene rings is 3. The zero-order valence-corrected chi connectivity index (χ0v) is 20.4. The van der Waals surface area contributed by atoms with Gasteiger partial charge in [-0.25, -0.2) is 4.79 Å². The maximum Gasteiger partial charge on any atom is 0.340 e. The van der Waals surface area contributed by atoms with Gasteiger partial charge in [-0.1, -0.05) is 35.9 Å². The van der Waals surface area contributed by atoms with Crippen LogP contribution in [-0.2, 0) is 9.53 Å². The lowest BCUT2D eigenvalue weighted by Gasteiger charge is -2.12. The normalized spacial score (nSPS) is 10.4. The molecule has 8 nitrogen and oxygen atoms in total. The maximum atomic E-state index is 12.8. The van der Waals surface area contributed by atoms with Gasteiger partial charge in [0.15, 0.2) is 18.7 Å². The Labute approximate surface area is 217 Å². The fourth-order valence-electron chi connectivity index (χ4n) is 3.51. The number of carbonyl (C=O) groups excluding carboxylic acids is 4. The van der Waals surface area contributed by atoms with E-state index < -0.39 is 24.4 Å². The van der Waals surface area contributed by atoms with Gasteiger partial charge >= 0.3 is 5.97 Å². The standard InChI is InChI=1S/C28H21ClN2O6/c1-17-5-4-6-19(13-17)30-27(34)21-7-2-3-8-24(21)31-26(33)16-36-28(35)22-14-18(9-11-23(22)29)25-12-10-20(15-32)37-25/h2-15H,16H2,1H3,(H,30,34)(H,31,33). The number of halogens is 1. The van der Waals surface area contributed by atoms with Crippen LogP contribution in [0.1, 0.15) is 36.8 Å². The zero-order chi connectivity index (χ0) is 26.4. The summed E-state index contributed by atoms with van der Waals surface area (Å²) in [5.41, 5.74) is 2.64. The summed E-state index contributed by atoms with van der Waals surface area (Å²) in [6.45, 7) is 1.30. The molecule has 0 aliphatic carbocycles. The van der Waals surface area contributed by atoms with Gasteiger partial charge in [0.05, 0.1) is 21.8 Å². The molecule has 2 amide bonds. The van der Waals surface area contributed by atoms with Crippen molar-refractivity contribution >= 4 is 47.0 Å². The lowest BCUT2D eigenvalue weighted by Crippen LogP contribution is -2.23. The van der Waals surface area contributed by atoms with Crippen molar-refractivity contribution in [1.29, 1.82) is 0 Å². The number of aryl methyl sites for hydroxylation is 1. The van der Waals surface area contributed by atoms with Gasteiger partial charge in [-0.3, -0.25) is 14.4 Å². The highest BCUT2D eigenvalue weighted by Gasteiger charge is 2.18. The summed E-state index contributed by atoms with van der Waals surface area (Å²) >= 11 is 6.16. The predicted octanol–water partition coefficient (Wildman–Crippen LogP) is 5.77. The summed E-state index contributed by atoms with van der Waals surface area (Å²) in [5, 5.41) is 5.52. The van der Waals surface area contributed by atoms with Gasteiger partial charge in [0.1, 0.15) is 5.76 Å². The monoisotopic (exact) mass is 516 g/mol. The Hall–Kier alpha value is -4.69. The van der Waals surface area contributed by atoms with Crippen molar-refractivity contribution in [1.82, 2.24) is 0 Å². The number of hydrogen-bond acceptors (Lipinski definition) is 6. The second kappa shape index (κ2) is 11.4. The summed E-state index contributed by atoms with van der Waals surface area (Å²) < 4.78 is 10.5. The number of hydrogen-bond donors (Lipinski definition) is 2. The fourth-order valence-corrected chi connectivity index (χ4v) is 3.71. The minimum absolute atomic E-state index is 0.0222. The average Bonchev–Trinajstić information content (AvgIpc) is 3.37. The summed E-state index contributed by atoms with van der Waals surface area (Å²) in [6, 6.07) is 21.4. The molecule has 37 heavy (non-hydrogen) atoms. The van der Waals surface area contributed by atoms with Crippen molar-refractivity contribution in [3.8, 4) is 11.3 Å². The van der Waals surface area contributed by atoms with Crippen LogP contribution in [0.2, 0.25) is 5.02 Å². The Morgan fingerprint density at radius 2 is 1.73 bits per heavy atom. The molecule has 0 aliphatic rings. The molecule has 1 aromatic heterocycles. The van der Waals surface area contributed by atoms with E-state index in [1.165, 1.54) is 18.2 Å². The van der Waals surface area contributed by atoms with Gasteiger partial charge in [0, 0.05) is 11.3 Å². The first kappa shape index (κ1) is 25.4.